The lowest BCUT2D eigenvalue weighted by Crippen LogP contribution is -2.39. The van der Waals surface area contributed by atoms with Gasteiger partial charge in [-0.1, -0.05) is 13.8 Å². The van der Waals surface area contributed by atoms with Crippen LogP contribution >= 0.6 is 0 Å². The van der Waals surface area contributed by atoms with Crippen LogP contribution in [0, 0.1) is 5.92 Å². The Morgan fingerprint density at radius 3 is 2.42 bits per heavy atom. The van der Waals surface area contributed by atoms with Gasteiger partial charge in [0, 0.05) is 11.6 Å². The quantitative estimate of drug-likeness (QED) is 0.594. The maximum absolute atomic E-state index is 11.2. The second-order valence-electron chi connectivity index (χ2n) is 5.15. The number of hydrogen-bond acceptors (Lipinski definition) is 4. The normalized spacial score (nSPS) is 14.3. The Labute approximate surface area is 112 Å². The topological polar surface area (TPSA) is 89.8 Å². The van der Waals surface area contributed by atoms with Crippen LogP contribution in [0.15, 0.2) is 18.2 Å². The molecule has 0 aliphatic carbocycles. The average Bonchev–Trinajstić information content (AvgIpc) is 2.30. The molecule has 0 spiro atoms. The number of aliphatic carboxylic acids is 1. The molecule has 0 heterocycles. The minimum absolute atomic E-state index is 0.0338. The third-order valence-corrected chi connectivity index (χ3v) is 2.93. The van der Waals surface area contributed by atoms with Crippen LogP contribution in [-0.4, -0.2) is 27.3 Å². The van der Waals surface area contributed by atoms with Crippen LogP contribution in [0.25, 0.3) is 0 Å². The second kappa shape index (κ2) is 6.43. The van der Waals surface area contributed by atoms with Crippen molar-refractivity contribution in [2.75, 3.05) is 0 Å². The Hall–Kier alpha value is -1.75. The summed E-state index contributed by atoms with van der Waals surface area (Å²) in [4.78, 5) is 11.2. The first kappa shape index (κ1) is 15.3. The third-order valence-electron chi connectivity index (χ3n) is 2.93. The SMILES string of the molecule is CC(C)CC(NC(C)c1cc(O)ccc1O)C(=O)O. The number of carboxylic acid groups (broad SMARTS) is 1. The molecule has 0 saturated carbocycles. The molecule has 0 aliphatic heterocycles. The second-order valence-corrected chi connectivity index (χ2v) is 5.15. The highest BCUT2D eigenvalue weighted by atomic mass is 16.4. The summed E-state index contributed by atoms with van der Waals surface area (Å²) in [6, 6.07) is 3.15. The van der Waals surface area contributed by atoms with Gasteiger partial charge in [0.1, 0.15) is 17.5 Å². The lowest BCUT2D eigenvalue weighted by atomic mass is 10.0. The Morgan fingerprint density at radius 2 is 1.89 bits per heavy atom. The van der Waals surface area contributed by atoms with E-state index >= 15 is 0 Å². The predicted octanol–water partition coefficient (Wildman–Crippen LogP) is 2.25. The zero-order valence-electron chi connectivity index (χ0n) is 11.4. The van der Waals surface area contributed by atoms with Gasteiger partial charge in [-0.2, -0.15) is 0 Å². The van der Waals surface area contributed by atoms with Gasteiger partial charge in [-0.15, -0.1) is 0 Å². The van der Waals surface area contributed by atoms with Crippen molar-refractivity contribution in [3.63, 3.8) is 0 Å². The van der Waals surface area contributed by atoms with E-state index in [0.29, 0.717) is 12.0 Å². The molecule has 0 saturated heterocycles. The first-order valence-electron chi connectivity index (χ1n) is 6.32. The van der Waals surface area contributed by atoms with Crippen LogP contribution in [0.1, 0.15) is 38.8 Å². The molecule has 0 fully saturated rings. The lowest BCUT2D eigenvalue weighted by Gasteiger charge is -2.22. The minimum Gasteiger partial charge on any atom is -0.508 e. The third kappa shape index (κ3) is 4.44. The van der Waals surface area contributed by atoms with Crippen molar-refractivity contribution >= 4 is 5.97 Å². The van der Waals surface area contributed by atoms with Crippen LogP contribution in [0.2, 0.25) is 0 Å². The summed E-state index contributed by atoms with van der Waals surface area (Å²) in [6.45, 7) is 5.66. The van der Waals surface area contributed by atoms with E-state index in [1.807, 2.05) is 13.8 Å². The highest BCUT2D eigenvalue weighted by Crippen LogP contribution is 2.28. The fourth-order valence-electron chi connectivity index (χ4n) is 1.99. The fraction of sp³-hybridized carbons (Fsp3) is 0.500. The van der Waals surface area contributed by atoms with Crippen molar-refractivity contribution in [2.24, 2.45) is 5.92 Å². The number of nitrogens with one attached hydrogen (secondary N) is 1. The molecule has 19 heavy (non-hydrogen) atoms. The van der Waals surface area contributed by atoms with Gasteiger partial charge in [0.25, 0.3) is 0 Å². The molecule has 0 bridgehead atoms. The molecule has 4 N–H and O–H groups in total. The highest BCUT2D eigenvalue weighted by Gasteiger charge is 2.22. The van der Waals surface area contributed by atoms with Gasteiger partial charge in [-0.3, -0.25) is 10.1 Å². The van der Waals surface area contributed by atoms with E-state index in [1.54, 1.807) is 6.92 Å². The van der Waals surface area contributed by atoms with Crippen molar-refractivity contribution in [2.45, 2.75) is 39.3 Å². The van der Waals surface area contributed by atoms with Gasteiger partial charge in [0.2, 0.25) is 0 Å². The molecular formula is C14H21NO4. The Bertz CT molecular complexity index is 445. The molecule has 106 valence electrons. The number of rotatable bonds is 6. The molecule has 0 aromatic heterocycles. The van der Waals surface area contributed by atoms with Gasteiger partial charge < -0.3 is 15.3 Å². The van der Waals surface area contributed by atoms with Gasteiger partial charge in [0.15, 0.2) is 0 Å². The number of hydrogen-bond donors (Lipinski definition) is 4. The molecule has 5 nitrogen and oxygen atoms in total. The first-order valence-corrected chi connectivity index (χ1v) is 6.32. The van der Waals surface area contributed by atoms with Crippen molar-refractivity contribution in [1.82, 2.24) is 5.32 Å². The molecule has 0 amide bonds. The zero-order chi connectivity index (χ0) is 14.6. The van der Waals surface area contributed by atoms with Gasteiger partial charge in [-0.25, -0.2) is 0 Å². The maximum Gasteiger partial charge on any atom is 0.320 e. The molecule has 2 unspecified atom stereocenters. The van der Waals surface area contributed by atoms with Crippen LogP contribution in [0.3, 0.4) is 0 Å². The molecule has 1 aromatic rings. The van der Waals surface area contributed by atoms with E-state index in [-0.39, 0.29) is 23.5 Å². The summed E-state index contributed by atoms with van der Waals surface area (Å²) in [5, 5.41) is 31.3. The van der Waals surface area contributed by atoms with Crippen molar-refractivity contribution in [1.29, 1.82) is 0 Å². The van der Waals surface area contributed by atoms with E-state index in [4.69, 9.17) is 5.11 Å². The lowest BCUT2D eigenvalue weighted by molar-refractivity contribution is -0.140. The minimum atomic E-state index is -0.916. The van der Waals surface area contributed by atoms with E-state index in [1.165, 1.54) is 18.2 Å². The Balaban J connectivity index is 2.84. The molecule has 1 rings (SSSR count). The average molecular weight is 267 g/mol. The fourth-order valence-corrected chi connectivity index (χ4v) is 1.99. The zero-order valence-corrected chi connectivity index (χ0v) is 11.4. The summed E-state index contributed by atoms with van der Waals surface area (Å²) < 4.78 is 0. The van der Waals surface area contributed by atoms with Crippen molar-refractivity contribution < 1.29 is 20.1 Å². The van der Waals surface area contributed by atoms with Crippen LogP contribution in [0.4, 0.5) is 0 Å². The van der Waals surface area contributed by atoms with Crippen molar-refractivity contribution in [3.05, 3.63) is 23.8 Å². The number of aromatic hydroxyl groups is 2. The van der Waals surface area contributed by atoms with Crippen molar-refractivity contribution in [3.8, 4) is 11.5 Å². The number of carboxylic acids is 1. The molecular weight excluding hydrogens is 246 g/mol. The Kier molecular flexibility index (Phi) is 5.18. The van der Waals surface area contributed by atoms with E-state index in [9.17, 15) is 15.0 Å². The van der Waals surface area contributed by atoms with Gasteiger partial charge in [0.05, 0.1) is 0 Å². The summed E-state index contributed by atoms with van der Waals surface area (Å²) in [7, 11) is 0. The van der Waals surface area contributed by atoms with Crippen LogP contribution in [-0.2, 0) is 4.79 Å². The summed E-state index contributed by atoms with van der Waals surface area (Å²) in [5.74, 6) is -0.595. The Morgan fingerprint density at radius 1 is 1.26 bits per heavy atom. The van der Waals surface area contributed by atoms with E-state index < -0.39 is 12.0 Å². The number of carbonyl (C=O) groups is 1. The number of phenolic OH excluding ortho intramolecular Hbond substituents is 2. The molecule has 0 aliphatic rings. The summed E-state index contributed by atoms with van der Waals surface area (Å²) in [6.07, 6.45) is 0.499. The number of phenols is 2. The smallest absolute Gasteiger partial charge is 0.320 e. The molecule has 5 heteroatoms. The standard InChI is InChI=1S/C14H21NO4/c1-8(2)6-12(14(18)19)15-9(3)11-7-10(16)4-5-13(11)17/h4-5,7-9,12,15-17H,6H2,1-3H3,(H,18,19). The first-order chi connectivity index (χ1) is 8.81. The monoisotopic (exact) mass is 267 g/mol. The predicted molar refractivity (Wildman–Crippen MR) is 72.2 cm³/mol. The largest absolute Gasteiger partial charge is 0.508 e. The van der Waals surface area contributed by atoms with E-state index in [0.717, 1.165) is 0 Å². The van der Waals surface area contributed by atoms with Crippen LogP contribution < -0.4 is 5.32 Å². The van der Waals surface area contributed by atoms with Gasteiger partial charge >= 0.3 is 5.97 Å². The molecule has 2 atom stereocenters. The molecule has 0 radical (unpaired) electrons. The highest BCUT2D eigenvalue weighted by molar-refractivity contribution is 5.73. The summed E-state index contributed by atoms with van der Waals surface area (Å²) >= 11 is 0. The van der Waals surface area contributed by atoms with Crippen LogP contribution in [0.5, 0.6) is 11.5 Å². The van der Waals surface area contributed by atoms with E-state index in [2.05, 4.69) is 5.32 Å². The maximum atomic E-state index is 11.2. The summed E-state index contributed by atoms with van der Waals surface area (Å²) in [5.41, 5.74) is 0.481. The number of benzene rings is 1. The molecule has 1 aromatic carbocycles. The van der Waals surface area contributed by atoms with Gasteiger partial charge in [-0.05, 0) is 37.5 Å².